The van der Waals surface area contributed by atoms with Gasteiger partial charge in [-0.25, -0.2) is 13.1 Å². The smallest absolute Gasteiger partial charge is 0.275 e. The van der Waals surface area contributed by atoms with Crippen molar-refractivity contribution in [3.05, 3.63) is 69.6 Å². The molecule has 1 saturated heterocycles. The van der Waals surface area contributed by atoms with Crippen molar-refractivity contribution in [1.82, 2.24) is 19.0 Å². The van der Waals surface area contributed by atoms with Gasteiger partial charge in [-0.1, -0.05) is 40.2 Å². The highest BCUT2D eigenvalue weighted by Crippen LogP contribution is 2.21. The molecule has 0 N–H and O–H groups in total. The Kier molecular flexibility index (Phi) is 5.33. The molecule has 0 radical (unpaired) electrons. The summed E-state index contributed by atoms with van der Waals surface area (Å²) in [5, 5.41) is 5.70. The van der Waals surface area contributed by atoms with E-state index in [2.05, 4.69) is 21.0 Å². The van der Waals surface area contributed by atoms with Crippen LogP contribution in [0.15, 0.2) is 68.9 Å². The average molecular weight is 463 g/mol. The van der Waals surface area contributed by atoms with E-state index in [0.29, 0.717) is 38.2 Å². The standard InChI is InChI=1S/C19H19BrN4O3S/c20-16-5-3-6-17(12-16)28(26,27)23-10-8-22(9-11-23)14-24-19(25)18-7-2-1-4-15(18)13-21-24/h1-7,12-13H,8-11,14H2. The highest BCUT2D eigenvalue weighted by Gasteiger charge is 2.28. The predicted octanol–water partition coefficient (Wildman–Crippen LogP) is 2.12. The van der Waals surface area contributed by atoms with Gasteiger partial charge in [0.05, 0.1) is 23.1 Å². The Balaban J connectivity index is 1.46. The molecular formula is C19H19BrN4O3S. The van der Waals surface area contributed by atoms with Crippen molar-refractivity contribution in [1.29, 1.82) is 0 Å². The fourth-order valence-electron chi connectivity index (χ4n) is 3.31. The number of aromatic nitrogens is 2. The molecule has 2 aromatic carbocycles. The van der Waals surface area contributed by atoms with Gasteiger partial charge in [0.2, 0.25) is 10.0 Å². The lowest BCUT2D eigenvalue weighted by atomic mass is 10.2. The molecule has 1 aliphatic heterocycles. The van der Waals surface area contributed by atoms with Crippen LogP contribution in [-0.4, -0.2) is 53.6 Å². The maximum absolute atomic E-state index is 12.8. The summed E-state index contributed by atoms with van der Waals surface area (Å²) in [4.78, 5) is 14.9. The van der Waals surface area contributed by atoms with Gasteiger partial charge in [-0.15, -0.1) is 0 Å². The molecule has 3 aromatic rings. The third-order valence-corrected chi connectivity index (χ3v) is 7.25. The molecule has 28 heavy (non-hydrogen) atoms. The van der Waals surface area contributed by atoms with Crippen LogP contribution >= 0.6 is 15.9 Å². The van der Waals surface area contributed by atoms with Gasteiger partial charge in [-0.3, -0.25) is 9.69 Å². The van der Waals surface area contributed by atoms with Gasteiger partial charge in [0.1, 0.15) is 0 Å². The second kappa shape index (κ2) is 7.75. The molecule has 0 aliphatic carbocycles. The molecule has 1 fully saturated rings. The van der Waals surface area contributed by atoms with E-state index in [9.17, 15) is 13.2 Å². The molecule has 4 rings (SSSR count). The molecule has 1 aliphatic rings. The summed E-state index contributed by atoms with van der Waals surface area (Å²) < 4.78 is 29.3. The highest BCUT2D eigenvalue weighted by molar-refractivity contribution is 9.10. The Labute approximate surface area is 171 Å². The van der Waals surface area contributed by atoms with Crippen molar-refractivity contribution >= 4 is 36.7 Å². The summed E-state index contributed by atoms with van der Waals surface area (Å²) in [6.45, 7) is 2.16. The SMILES string of the molecule is O=c1c2ccccc2cnn1CN1CCN(S(=O)(=O)c2cccc(Br)c2)CC1. The van der Waals surface area contributed by atoms with Crippen molar-refractivity contribution in [2.45, 2.75) is 11.6 Å². The molecule has 0 saturated carbocycles. The van der Waals surface area contributed by atoms with E-state index >= 15 is 0 Å². The number of hydrogen-bond acceptors (Lipinski definition) is 5. The quantitative estimate of drug-likeness (QED) is 0.593. The number of benzene rings is 2. The van der Waals surface area contributed by atoms with Gasteiger partial charge < -0.3 is 0 Å². The van der Waals surface area contributed by atoms with Crippen molar-refractivity contribution in [3.63, 3.8) is 0 Å². The third kappa shape index (κ3) is 3.75. The van der Waals surface area contributed by atoms with Crippen molar-refractivity contribution < 1.29 is 8.42 Å². The molecule has 1 aromatic heterocycles. The zero-order chi connectivity index (χ0) is 19.7. The molecule has 0 atom stereocenters. The lowest BCUT2D eigenvalue weighted by Crippen LogP contribution is -2.49. The first-order chi connectivity index (χ1) is 13.4. The number of halogens is 1. The van der Waals surface area contributed by atoms with Crippen molar-refractivity contribution in [2.24, 2.45) is 0 Å². The second-order valence-electron chi connectivity index (χ2n) is 6.66. The van der Waals surface area contributed by atoms with Crippen LogP contribution in [0.5, 0.6) is 0 Å². The molecule has 2 heterocycles. The van der Waals surface area contributed by atoms with Gasteiger partial charge in [-0.05, 0) is 24.3 Å². The zero-order valence-corrected chi connectivity index (χ0v) is 17.4. The highest BCUT2D eigenvalue weighted by atomic mass is 79.9. The number of nitrogens with zero attached hydrogens (tertiary/aromatic N) is 4. The second-order valence-corrected chi connectivity index (χ2v) is 9.51. The molecule has 7 nitrogen and oxygen atoms in total. The van der Waals surface area contributed by atoms with Gasteiger partial charge >= 0.3 is 0 Å². The topological polar surface area (TPSA) is 75.5 Å². The summed E-state index contributed by atoms with van der Waals surface area (Å²) >= 11 is 3.32. The zero-order valence-electron chi connectivity index (χ0n) is 15.0. The lowest BCUT2D eigenvalue weighted by molar-refractivity contribution is 0.143. The fourth-order valence-corrected chi connectivity index (χ4v) is 5.33. The lowest BCUT2D eigenvalue weighted by Gasteiger charge is -2.33. The minimum absolute atomic E-state index is 0.137. The Morgan fingerprint density at radius 1 is 1.00 bits per heavy atom. The Morgan fingerprint density at radius 2 is 1.75 bits per heavy atom. The molecule has 0 bridgehead atoms. The first-order valence-corrected chi connectivity index (χ1v) is 11.1. The van der Waals surface area contributed by atoms with Crippen molar-refractivity contribution in [2.75, 3.05) is 26.2 Å². The van der Waals surface area contributed by atoms with Crippen LogP contribution in [0.2, 0.25) is 0 Å². The summed E-state index contributed by atoms with van der Waals surface area (Å²) in [5.41, 5.74) is -0.137. The van der Waals surface area contributed by atoms with Gasteiger partial charge in [0.25, 0.3) is 5.56 Å². The molecule has 0 spiro atoms. The van der Waals surface area contributed by atoms with E-state index in [-0.39, 0.29) is 10.5 Å². The van der Waals surface area contributed by atoms with E-state index < -0.39 is 10.0 Å². The number of rotatable bonds is 4. The largest absolute Gasteiger partial charge is 0.282 e. The van der Waals surface area contributed by atoms with Crippen LogP contribution in [0.4, 0.5) is 0 Å². The summed E-state index contributed by atoms with van der Waals surface area (Å²) in [5.74, 6) is 0. The Hall–Kier alpha value is -2.07. The molecule has 9 heteroatoms. The minimum Gasteiger partial charge on any atom is -0.282 e. The van der Waals surface area contributed by atoms with E-state index in [1.165, 1.54) is 8.99 Å². The third-order valence-electron chi connectivity index (χ3n) is 4.86. The number of fused-ring (bicyclic) bond motifs is 1. The molecular weight excluding hydrogens is 444 g/mol. The van der Waals surface area contributed by atoms with Crippen LogP contribution in [0.3, 0.4) is 0 Å². The van der Waals surface area contributed by atoms with E-state index in [1.807, 2.05) is 23.1 Å². The minimum atomic E-state index is -3.53. The van der Waals surface area contributed by atoms with E-state index in [4.69, 9.17) is 0 Å². The number of piperazine rings is 1. The maximum Gasteiger partial charge on any atom is 0.275 e. The van der Waals surface area contributed by atoms with E-state index in [0.717, 1.165) is 9.86 Å². The van der Waals surface area contributed by atoms with Crippen LogP contribution in [0, 0.1) is 0 Å². The van der Waals surface area contributed by atoms with Gasteiger partial charge in [-0.2, -0.15) is 9.40 Å². The summed E-state index contributed by atoms with van der Waals surface area (Å²) in [6.07, 6.45) is 1.69. The first-order valence-electron chi connectivity index (χ1n) is 8.88. The number of hydrogen-bond donors (Lipinski definition) is 0. The van der Waals surface area contributed by atoms with Crippen molar-refractivity contribution in [3.8, 4) is 0 Å². The van der Waals surface area contributed by atoms with Crippen LogP contribution in [-0.2, 0) is 16.7 Å². The maximum atomic E-state index is 12.8. The normalized spacial score (nSPS) is 16.5. The predicted molar refractivity (Wildman–Crippen MR) is 110 cm³/mol. The summed E-state index contributed by atoms with van der Waals surface area (Å²) in [6, 6.07) is 14.1. The number of sulfonamides is 1. The first kappa shape index (κ1) is 19.3. The summed E-state index contributed by atoms with van der Waals surface area (Å²) in [7, 11) is -3.53. The monoisotopic (exact) mass is 462 g/mol. The Morgan fingerprint density at radius 3 is 2.50 bits per heavy atom. The van der Waals surface area contributed by atoms with E-state index in [1.54, 1.807) is 36.5 Å². The molecule has 146 valence electrons. The van der Waals surface area contributed by atoms with Gasteiger partial charge in [0.15, 0.2) is 0 Å². The molecule has 0 unspecified atom stereocenters. The van der Waals surface area contributed by atoms with Gasteiger partial charge in [0, 0.05) is 36.0 Å². The van der Waals surface area contributed by atoms with Crippen LogP contribution < -0.4 is 5.56 Å². The van der Waals surface area contributed by atoms with Crippen LogP contribution in [0.25, 0.3) is 10.8 Å². The fraction of sp³-hybridized carbons (Fsp3) is 0.263. The van der Waals surface area contributed by atoms with Crippen LogP contribution in [0.1, 0.15) is 0 Å². The average Bonchev–Trinajstić information content (AvgIpc) is 2.71. The molecule has 0 amide bonds. The Bertz CT molecular complexity index is 1170.